The molecule has 6 nitrogen and oxygen atoms in total. The number of ether oxygens (including phenoxy) is 1. The van der Waals surface area contributed by atoms with Gasteiger partial charge in [0.2, 0.25) is 5.91 Å². The van der Waals surface area contributed by atoms with Gasteiger partial charge >= 0.3 is 0 Å². The second-order valence-electron chi connectivity index (χ2n) is 8.67. The highest BCUT2D eigenvalue weighted by Crippen LogP contribution is 2.57. The Morgan fingerprint density at radius 3 is 2.45 bits per heavy atom. The maximum absolute atomic E-state index is 17.5. The van der Waals surface area contributed by atoms with Crippen LogP contribution in [-0.4, -0.2) is 57.3 Å². The van der Waals surface area contributed by atoms with Gasteiger partial charge in [-0.2, -0.15) is 0 Å². The van der Waals surface area contributed by atoms with Crippen LogP contribution in [0.2, 0.25) is 0 Å². The van der Waals surface area contributed by atoms with Gasteiger partial charge in [0.05, 0.1) is 0 Å². The van der Waals surface area contributed by atoms with E-state index in [1.807, 2.05) is 0 Å². The second-order valence-corrected chi connectivity index (χ2v) is 11.0. The van der Waals surface area contributed by atoms with Crippen molar-refractivity contribution in [1.82, 2.24) is 5.32 Å². The Hall–Kier alpha value is -1.25. The van der Waals surface area contributed by atoms with E-state index in [2.05, 4.69) is 5.32 Å². The summed E-state index contributed by atoms with van der Waals surface area (Å²) in [6.07, 6.45) is 6.27. The fraction of sp³-hybridized carbons (Fsp3) is 0.762. The van der Waals surface area contributed by atoms with Gasteiger partial charge in [-0.3, -0.25) is 4.79 Å². The van der Waals surface area contributed by atoms with Crippen LogP contribution in [0.15, 0.2) is 23.3 Å². The fourth-order valence-corrected chi connectivity index (χ4v) is 7.33. The molecule has 2 atom stereocenters. The third kappa shape index (κ3) is 3.91. The summed E-state index contributed by atoms with van der Waals surface area (Å²) >= 11 is 0. The van der Waals surface area contributed by atoms with Crippen LogP contribution in [0.1, 0.15) is 46.0 Å². The summed E-state index contributed by atoms with van der Waals surface area (Å²) in [6.45, 7) is 5.69. The minimum atomic E-state index is -3.91. The van der Waals surface area contributed by atoms with Crippen molar-refractivity contribution in [3.05, 3.63) is 23.3 Å². The predicted molar refractivity (Wildman–Crippen MR) is 111 cm³/mol. The number of alkyl halides is 1. The van der Waals surface area contributed by atoms with E-state index in [0.29, 0.717) is 51.1 Å². The first-order valence-electron chi connectivity index (χ1n) is 10.6. The summed E-state index contributed by atoms with van der Waals surface area (Å²) in [6, 6.07) is 0. The Kier molecular flexibility index (Phi) is 6.56. The molecule has 164 valence electrons. The van der Waals surface area contributed by atoms with Crippen LogP contribution in [0.4, 0.5) is 4.39 Å². The number of halogens is 1. The van der Waals surface area contributed by atoms with Gasteiger partial charge in [0.1, 0.15) is 5.25 Å². The number of allylic oxidation sites excluding steroid dienone is 3. The molecule has 0 spiro atoms. The van der Waals surface area contributed by atoms with Crippen molar-refractivity contribution in [2.75, 3.05) is 32.1 Å². The minimum absolute atomic E-state index is 0.134. The Balaban J connectivity index is 2.15. The number of sulfone groups is 1. The van der Waals surface area contributed by atoms with Gasteiger partial charge in [0.15, 0.2) is 15.5 Å². The van der Waals surface area contributed by atoms with Crippen molar-refractivity contribution in [3.63, 3.8) is 0 Å². The van der Waals surface area contributed by atoms with E-state index in [0.717, 1.165) is 12.8 Å². The number of carbonyl (C=O) groups is 1. The summed E-state index contributed by atoms with van der Waals surface area (Å²) in [5.74, 6) is -0.838. The second kappa shape index (κ2) is 8.47. The van der Waals surface area contributed by atoms with E-state index in [9.17, 15) is 13.2 Å². The van der Waals surface area contributed by atoms with E-state index in [1.54, 1.807) is 13.0 Å². The summed E-state index contributed by atoms with van der Waals surface area (Å²) < 4.78 is 49.2. The maximum Gasteiger partial charge on any atom is 0.246 e. The van der Waals surface area contributed by atoms with E-state index >= 15 is 4.39 Å². The number of amides is 1. The van der Waals surface area contributed by atoms with Gasteiger partial charge < -0.3 is 15.8 Å². The molecule has 1 aliphatic carbocycles. The summed E-state index contributed by atoms with van der Waals surface area (Å²) in [4.78, 5) is 12.2. The summed E-state index contributed by atoms with van der Waals surface area (Å²) in [5, 5.41) is 1.73. The number of primary amides is 1. The van der Waals surface area contributed by atoms with Crippen LogP contribution in [0, 0.1) is 11.3 Å². The number of rotatable bonds is 6. The molecule has 29 heavy (non-hydrogen) atoms. The molecule has 2 unspecified atom stereocenters. The zero-order valence-electron chi connectivity index (χ0n) is 17.4. The lowest BCUT2D eigenvalue weighted by atomic mass is 9.57. The van der Waals surface area contributed by atoms with Crippen molar-refractivity contribution in [1.29, 1.82) is 0 Å². The Bertz CT molecular complexity index is 795. The first-order chi connectivity index (χ1) is 13.7. The Labute approximate surface area is 173 Å². The lowest BCUT2D eigenvalue weighted by molar-refractivity contribution is -0.115. The molecular weight excluding hydrogens is 395 g/mol. The smallest absolute Gasteiger partial charge is 0.246 e. The molecule has 0 radical (unpaired) electrons. The molecule has 0 aromatic rings. The van der Waals surface area contributed by atoms with Gasteiger partial charge in [0.25, 0.3) is 0 Å². The SMILES string of the molecule is CCS(=O)(=O)C1C(C(N)=O)=CC=C(C)C1(F)C1(CC2CCOCC2)CCNCC1. The molecule has 2 heterocycles. The minimum Gasteiger partial charge on any atom is -0.381 e. The molecule has 2 saturated heterocycles. The molecule has 3 rings (SSSR count). The monoisotopic (exact) mass is 428 g/mol. The molecule has 0 aromatic heterocycles. The van der Waals surface area contributed by atoms with E-state index in [-0.39, 0.29) is 17.2 Å². The van der Waals surface area contributed by atoms with Crippen LogP contribution in [0.3, 0.4) is 0 Å². The zero-order chi connectivity index (χ0) is 21.3. The standard InChI is InChI=1S/C21H33FN2O4S/c1-3-29(26,27)18-17(19(23)25)5-4-15(2)21(18,22)20(8-10-24-11-9-20)14-16-6-12-28-13-7-16/h4-5,16,18,24H,3,6-14H2,1-2H3,(H2,23,25). The quantitative estimate of drug-likeness (QED) is 0.675. The number of piperidine rings is 1. The largest absolute Gasteiger partial charge is 0.381 e. The topological polar surface area (TPSA) is 98.5 Å². The van der Waals surface area contributed by atoms with Gasteiger partial charge in [-0.15, -0.1) is 0 Å². The normalized spacial score (nSPS) is 31.1. The third-order valence-electron chi connectivity index (χ3n) is 7.13. The van der Waals surface area contributed by atoms with Gasteiger partial charge in [-0.25, -0.2) is 12.8 Å². The zero-order valence-corrected chi connectivity index (χ0v) is 18.2. The lowest BCUT2D eigenvalue weighted by Gasteiger charge is -2.54. The van der Waals surface area contributed by atoms with Crippen LogP contribution < -0.4 is 11.1 Å². The molecule has 3 aliphatic rings. The van der Waals surface area contributed by atoms with E-state index in [1.165, 1.54) is 13.0 Å². The average molecular weight is 429 g/mol. The van der Waals surface area contributed by atoms with Crippen molar-refractivity contribution in [3.8, 4) is 0 Å². The first kappa shape index (κ1) is 22.4. The van der Waals surface area contributed by atoms with E-state index in [4.69, 9.17) is 10.5 Å². The number of hydrogen-bond donors (Lipinski definition) is 2. The number of hydrogen-bond acceptors (Lipinski definition) is 5. The van der Waals surface area contributed by atoms with Crippen LogP contribution in [0.5, 0.6) is 0 Å². The van der Waals surface area contributed by atoms with Crippen LogP contribution >= 0.6 is 0 Å². The predicted octanol–water partition coefficient (Wildman–Crippen LogP) is 2.06. The van der Waals surface area contributed by atoms with Crippen LogP contribution in [-0.2, 0) is 19.4 Å². The molecule has 0 bridgehead atoms. The van der Waals surface area contributed by atoms with Gasteiger partial charge in [0, 0.05) is 30.0 Å². The summed E-state index contributed by atoms with van der Waals surface area (Å²) in [7, 11) is -3.91. The average Bonchev–Trinajstić information content (AvgIpc) is 2.71. The van der Waals surface area contributed by atoms with Gasteiger partial charge in [-0.1, -0.05) is 19.1 Å². The number of nitrogens with one attached hydrogen (secondary N) is 1. The molecular formula is C21H33FN2O4S. The molecule has 3 N–H and O–H groups in total. The highest BCUT2D eigenvalue weighted by molar-refractivity contribution is 7.92. The molecule has 8 heteroatoms. The number of carbonyl (C=O) groups excluding carboxylic acids is 1. The summed E-state index contributed by atoms with van der Waals surface area (Å²) in [5.41, 5.74) is 2.74. The van der Waals surface area contributed by atoms with Crippen molar-refractivity contribution in [2.24, 2.45) is 17.1 Å². The van der Waals surface area contributed by atoms with Crippen molar-refractivity contribution < 1.29 is 22.3 Å². The highest BCUT2D eigenvalue weighted by Gasteiger charge is 2.63. The fourth-order valence-electron chi connectivity index (χ4n) is 5.48. The Morgan fingerprint density at radius 1 is 1.28 bits per heavy atom. The lowest BCUT2D eigenvalue weighted by Crippen LogP contribution is -2.62. The molecule has 0 aromatic carbocycles. The van der Waals surface area contributed by atoms with Crippen molar-refractivity contribution in [2.45, 2.75) is 56.9 Å². The molecule has 2 aliphatic heterocycles. The molecule has 2 fully saturated rings. The highest BCUT2D eigenvalue weighted by atomic mass is 32.2. The third-order valence-corrected chi connectivity index (χ3v) is 9.23. The number of nitrogens with two attached hydrogens (primary N) is 1. The van der Waals surface area contributed by atoms with Crippen LogP contribution in [0.25, 0.3) is 0 Å². The van der Waals surface area contributed by atoms with Crippen molar-refractivity contribution >= 4 is 15.7 Å². The maximum atomic E-state index is 17.5. The first-order valence-corrected chi connectivity index (χ1v) is 12.3. The van der Waals surface area contributed by atoms with E-state index < -0.39 is 32.1 Å². The van der Waals surface area contributed by atoms with Gasteiger partial charge in [-0.05, 0) is 63.6 Å². The Morgan fingerprint density at radius 2 is 1.90 bits per heavy atom. The molecule has 0 saturated carbocycles. The molecule has 1 amide bonds.